The van der Waals surface area contributed by atoms with E-state index in [2.05, 4.69) is 4.72 Å². The minimum absolute atomic E-state index is 0.0420. The van der Waals surface area contributed by atoms with Crippen molar-refractivity contribution in [2.24, 2.45) is 0 Å². The number of nitrogens with two attached hydrogens (primary N) is 1. The highest BCUT2D eigenvalue weighted by Gasteiger charge is 2.12. The fourth-order valence-electron chi connectivity index (χ4n) is 1.78. The Balaban J connectivity index is 1.93. The Hall–Kier alpha value is -1.66. The zero-order valence-electron chi connectivity index (χ0n) is 11.7. The fraction of sp³-hybridized carbons (Fsp3) is 0.200. The number of rotatable bonds is 6. The van der Waals surface area contributed by atoms with E-state index in [0.717, 1.165) is 10.5 Å². The standard InChI is InChI=1S/C15H18N2O2S2/c1-12-6-2-4-8-14(12)17-21(18,19)11-10-20-15-9-5-3-7-13(15)16/h2-9,17H,10-11,16H2,1H3. The van der Waals surface area contributed by atoms with Gasteiger partial charge >= 0.3 is 0 Å². The molecule has 2 rings (SSSR count). The van der Waals surface area contributed by atoms with E-state index in [4.69, 9.17) is 5.73 Å². The van der Waals surface area contributed by atoms with Gasteiger partial charge in [0.25, 0.3) is 0 Å². The van der Waals surface area contributed by atoms with Crippen LogP contribution in [0.2, 0.25) is 0 Å². The van der Waals surface area contributed by atoms with Crippen LogP contribution in [-0.2, 0) is 10.0 Å². The summed E-state index contributed by atoms with van der Waals surface area (Å²) in [6.07, 6.45) is 0. The Morgan fingerprint density at radius 1 is 1.10 bits per heavy atom. The van der Waals surface area contributed by atoms with Crippen molar-refractivity contribution in [3.63, 3.8) is 0 Å². The molecule has 0 bridgehead atoms. The Bertz CT molecular complexity index is 715. The third-order valence-corrected chi connectivity index (χ3v) is 5.56. The molecule has 0 saturated heterocycles. The molecule has 0 saturated carbocycles. The van der Waals surface area contributed by atoms with Gasteiger partial charge in [-0.3, -0.25) is 4.72 Å². The summed E-state index contributed by atoms with van der Waals surface area (Å²) in [6, 6.07) is 14.8. The first-order chi connectivity index (χ1) is 9.98. The first-order valence-corrected chi connectivity index (χ1v) is 9.15. The van der Waals surface area contributed by atoms with E-state index >= 15 is 0 Å². The van der Waals surface area contributed by atoms with Gasteiger partial charge in [-0.05, 0) is 30.7 Å². The van der Waals surface area contributed by atoms with Crippen molar-refractivity contribution in [3.05, 3.63) is 54.1 Å². The lowest BCUT2D eigenvalue weighted by Gasteiger charge is -2.10. The van der Waals surface area contributed by atoms with E-state index in [9.17, 15) is 8.42 Å². The summed E-state index contributed by atoms with van der Waals surface area (Å²) in [5, 5.41) is 0. The zero-order chi connectivity index (χ0) is 15.3. The van der Waals surface area contributed by atoms with Crippen LogP contribution in [0.3, 0.4) is 0 Å². The Kier molecular flexibility index (Phi) is 5.14. The lowest BCUT2D eigenvalue weighted by molar-refractivity contribution is 0.602. The molecule has 4 nitrogen and oxygen atoms in total. The van der Waals surface area contributed by atoms with E-state index < -0.39 is 10.0 Å². The predicted octanol–water partition coefficient (Wildman–Crippen LogP) is 3.11. The molecule has 0 spiro atoms. The number of nitrogens with one attached hydrogen (secondary N) is 1. The summed E-state index contributed by atoms with van der Waals surface area (Å²) in [4.78, 5) is 0.906. The number of thioether (sulfide) groups is 1. The number of para-hydroxylation sites is 2. The van der Waals surface area contributed by atoms with Crippen LogP contribution in [0.25, 0.3) is 0 Å². The Morgan fingerprint density at radius 3 is 2.48 bits per heavy atom. The maximum atomic E-state index is 12.1. The van der Waals surface area contributed by atoms with Crippen LogP contribution in [0.5, 0.6) is 0 Å². The lowest BCUT2D eigenvalue weighted by Crippen LogP contribution is -2.18. The van der Waals surface area contributed by atoms with Crippen molar-refractivity contribution >= 4 is 33.2 Å². The molecule has 0 aliphatic carbocycles. The quantitative estimate of drug-likeness (QED) is 0.633. The number of nitrogen functional groups attached to an aromatic ring is 1. The molecule has 3 N–H and O–H groups in total. The van der Waals surface area contributed by atoms with Gasteiger partial charge in [-0.25, -0.2) is 8.42 Å². The Morgan fingerprint density at radius 2 is 1.76 bits per heavy atom. The van der Waals surface area contributed by atoms with Crippen LogP contribution in [0, 0.1) is 6.92 Å². The molecule has 21 heavy (non-hydrogen) atoms. The maximum absolute atomic E-state index is 12.1. The van der Waals surface area contributed by atoms with E-state index in [1.54, 1.807) is 6.07 Å². The molecule has 0 fully saturated rings. The summed E-state index contributed by atoms with van der Waals surface area (Å²) in [5.41, 5.74) is 8.03. The van der Waals surface area contributed by atoms with Gasteiger partial charge in [0.15, 0.2) is 0 Å². The van der Waals surface area contributed by atoms with Crippen molar-refractivity contribution in [1.29, 1.82) is 0 Å². The van der Waals surface area contributed by atoms with Crippen molar-refractivity contribution in [3.8, 4) is 0 Å². The second kappa shape index (κ2) is 6.87. The van der Waals surface area contributed by atoms with Crippen molar-refractivity contribution in [2.75, 3.05) is 22.0 Å². The molecule has 112 valence electrons. The lowest BCUT2D eigenvalue weighted by atomic mass is 10.2. The molecule has 0 atom stereocenters. The molecule has 6 heteroatoms. The number of hydrogen-bond acceptors (Lipinski definition) is 4. The summed E-state index contributed by atoms with van der Waals surface area (Å²) in [7, 11) is -3.35. The van der Waals surface area contributed by atoms with Gasteiger partial charge in [-0.1, -0.05) is 30.3 Å². The van der Waals surface area contributed by atoms with Crippen molar-refractivity contribution in [2.45, 2.75) is 11.8 Å². The minimum atomic E-state index is -3.35. The van der Waals surface area contributed by atoms with Crippen molar-refractivity contribution in [1.82, 2.24) is 0 Å². The van der Waals surface area contributed by atoms with Crippen LogP contribution >= 0.6 is 11.8 Å². The molecular formula is C15H18N2O2S2. The number of sulfonamides is 1. The molecular weight excluding hydrogens is 304 g/mol. The van der Waals surface area contributed by atoms with Gasteiger partial charge in [0.2, 0.25) is 10.0 Å². The number of benzene rings is 2. The fourth-order valence-corrected chi connectivity index (χ4v) is 4.29. The largest absolute Gasteiger partial charge is 0.398 e. The summed E-state index contributed by atoms with van der Waals surface area (Å²) >= 11 is 1.44. The van der Waals surface area contributed by atoms with E-state index in [-0.39, 0.29) is 5.75 Å². The molecule has 0 aliphatic heterocycles. The zero-order valence-corrected chi connectivity index (χ0v) is 13.4. The van der Waals surface area contributed by atoms with Crippen LogP contribution < -0.4 is 10.5 Å². The first-order valence-electron chi connectivity index (χ1n) is 6.51. The first kappa shape index (κ1) is 15.7. The average molecular weight is 322 g/mol. The highest BCUT2D eigenvalue weighted by atomic mass is 32.2. The predicted molar refractivity (Wildman–Crippen MR) is 90.2 cm³/mol. The molecule has 2 aromatic carbocycles. The van der Waals surface area contributed by atoms with E-state index in [0.29, 0.717) is 17.1 Å². The van der Waals surface area contributed by atoms with E-state index in [1.165, 1.54) is 11.8 Å². The van der Waals surface area contributed by atoms with Gasteiger partial charge < -0.3 is 5.73 Å². The monoisotopic (exact) mass is 322 g/mol. The van der Waals surface area contributed by atoms with Gasteiger partial charge in [0.1, 0.15) is 0 Å². The SMILES string of the molecule is Cc1ccccc1NS(=O)(=O)CCSc1ccccc1N. The summed E-state index contributed by atoms with van der Waals surface area (Å²) in [5.74, 6) is 0.496. The number of anilines is 2. The molecule has 0 amide bonds. The topological polar surface area (TPSA) is 72.2 Å². The van der Waals surface area contributed by atoms with Crippen LogP contribution in [0.4, 0.5) is 11.4 Å². The van der Waals surface area contributed by atoms with Gasteiger partial charge in [0, 0.05) is 16.3 Å². The van der Waals surface area contributed by atoms with Crippen LogP contribution in [0.15, 0.2) is 53.4 Å². The summed E-state index contributed by atoms with van der Waals surface area (Å²) < 4.78 is 26.8. The number of hydrogen-bond donors (Lipinski definition) is 2. The second-order valence-corrected chi connectivity index (χ2v) is 7.60. The molecule has 0 heterocycles. The highest BCUT2D eigenvalue weighted by molar-refractivity contribution is 8.01. The van der Waals surface area contributed by atoms with Crippen molar-refractivity contribution < 1.29 is 8.42 Å². The molecule has 0 aromatic heterocycles. The highest BCUT2D eigenvalue weighted by Crippen LogP contribution is 2.24. The third-order valence-electron chi connectivity index (χ3n) is 2.94. The number of aryl methyl sites for hydroxylation is 1. The normalized spacial score (nSPS) is 11.3. The van der Waals surface area contributed by atoms with Crippen LogP contribution in [-0.4, -0.2) is 19.9 Å². The molecule has 0 aliphatic rings. The summed E-state index contributed by atoms with van der Waals surface area (Å²) in [6.45, 7) is 1.87. The third kappa shape index (κ3) is 4.68. The van der Waals surface area contributed by atoms with E-state index in [1.807, 2.05) is 49.4 Å². The maximum Gasteiger partial charge on any atom is 0.233 e. The molecule has 0 unspecified atom stereocenters. The molecule has 2 aromatic rings. The van der Waals surface area contributed by atoms with Gasteiger partial charge in [0.05, 0.1) is 11.4 Å². The Labute approximate surface area is 129 Å². The smallest absolute Gasteiger partial charge is 0.233 e. The molecule has 0 radical (unpaired) electrons. The second-order valence-electron chi connectivity index (χ2n) is 4.62. The average Bonchev–Trinajstić information content (AvgIpc) is 2.43. The van der Waals surface area contributed by atoms with Gasteiger partial charge in [-0.2, -0.15) is 0 Å². The van der Waals surface area contributed by atoms with Gasteiger partial charge in [-0.15, -0.1) is 11.8 Å². The van der Waals surface area contributed by atoms with Crippen LogP contribution in [0.1, 0.15) is 5.56 Å². The minimum Gasteiger partial charge on any atom is -0.398 e.